The molecule has 0 fully saturated rings. The van der Waals surface area contributed by atoms with E-state index in [9.17, 15) is 24.5 Å². The normalized spacial score (nSPS) is 17.4. The third-order valence-electron chi connectivity index (χ3n) is 7.02. The second kappa shape index (κ2) is 8.59. The van der Waals surface area contributed by atoms with Crippen molar-refractivity contribution in [1.82, 2.24) is 9.55 Å². The number of cyclic esters (lactones) is 1. The molecule has 4 heterocycles. The highest BCUT2D eigenvalue weighted by atomic mass is 79.9. The first-order chi connectivity index (χ1) is 18.2. The number of carbonyl (C=O) groups is 2. The lowest BCUT2D eigenvalue weighted by Crippen LogP contribution is -2.47. The number of aromatic nitrogens is 2. The molecule has 0 bridgehead atoms. The standard InChI is InChI=1S/C27H18BrN3O7/c1-2-27(38-25(33)14-5-3-6-16(28)9-14)19-11-22-23-15(12-30(22)24(32)18(19)13-37-26(27)34)10-17-20(29-23)7-4-8-21(17)31(35)36/h3-11H,2,12-13H2,1H3. The Hall–Kier alpha value is -4.38. The molecule has 190 valence electrons. The first-order valence-electron chi connectivity index (χ1n) is 11.7. The van der Waals surface area contributed by atoms with Crippen LogP contribution in [-0.4, -0.2) is 26.4 Å². The summed E-state index contributed by atoms with van der Waals surface area (Å²) in [6.45, 7) is 1.56. The minimum absolute atomic E-state index is 0.0334. The van der Waals surface area contributed by atoms with Crippen LogP contribution in [0.4, 0.5) is 5.69 Å². The van der Waals surface area contributed by atoms with Crippen LogP contribution in [0, 0.1) is 10.1 Å². The molecule has 1 unspecified atom stereocenters. The Labute approximate surface area is 223 Å². The topological polar surface area (TPSA) is 131 Å². The maximum absolute atomic E-state index is 13.6. The lowest BCUT2D eigenvalue weighted by molar-refractivity contribution is -0.383. The van der Waals surface area contributed by atoms with Crippen molar-refractivity contribution < 1.29 is 24.0 Å². The van der Waals surface area contributed by atoms with Gasteiger partial charge in [0.1, 0.15) is 6.61 Å². The zero-order valence-corrected chi connectivity index (χ0v) is 21.5. The summed E-state index contributed by atoms with van der Waals surface area (Å²) in [6, 6.07) is 14.5. The number of nitro groups is 1. The van der Waals surface area contributed by atoms with E-state index in [1.165, 1.54) is 10.6 Å². The Balaban J connectivity index is 1.53. The Morgan fingerprint density at radius 1 is 1.21 bits per heavy atom. The molecule has 2 aromatic carbocycles. The molecule has 0 spiro atoms. The number of nitrogens with zero attached hydrogens (tertiary/aromatic N) is 3. The molecule has 1 atom stereocenters. The van der Waals surface area contributed by atoms with Crippen LogP contribution in [0.2, 0.25) is 0 Å². The van der Waals surface area contributed by atoms with Gasteiger partial charge in [0.15, 0.2) is 0 Å². The Kier molecular flexibility index (Phi) is 5.42. The Morgan fingerprint density at radius 3 is 2.74 bits per heavy atom. The second-order valence-electron chi connectivity index (χ2n) is 9.07. The van der Waals surface area contributed by atoms with Crippen molar-refractivity contribution in [2.45, 2.75) is 32.1 Å². The van der Waals surface area contributed by atoms with E-state index in [2.05, 4.69) is 20.9 Å². The number of halogens is 1. The number of non-ortho nitro benzene ring substituents is 1. The number of pyridine rings is 2. The van der Waals surface area contributed by atoms with E-state index < -0.39 is 28.0 Å². The van der Waals surface area contributed by atoms with Crippen LogP contribution in [0.1, 0.15) is 40.4 Å². The summed E-state index contributed by atoms with van der Waals surface area (Å²) in [5, 5.41) is 11.9. The van der Waals surface area contributed by atoms with Crippen LogP contribution in [-0.2, 0) is 33.0 Å². The van der Waals surface area contributed by atoms with Crippen LogP contribution in [0.25, 0.3) is 22.3 Å². The van der Waals surface area contributed by atoms with Gasteiger partial charge in [-0.2, -0.15) is 0 Å². The lowest BCUT2D eigenvalue weighted by Gasteiger charge is -2.35. The minimum atomic E-state index is -1.83. The Bertz CT molecular complexity index is 1780. The number of nitro benzene ring substituents is 1. The van der Waals surface area contributed by atoms with Gasteiger partial charge in [-0.15, -0.1) is 0 Å². The van der Waals surface area contributed by atoms with Gasteiger partial charge in [0.25, 0.3) is 11.2 Å². The first-order valence-corrected chi connectivity index (χ1v) is 12.5. The first kappa shape index (κ1) is 24.0. The fourth-order valence-electron chi connectivity index (χ4n) is 5.14. The molecular formula is C27H18BrN3O7. The van der Waals surface area contributed by atoms with Gasteiger partial charge >= 0.3 is 11.9 Å². The maximum Gasteiger partial charge on any atom is 0.355 e. The van der Waals surface area contributed by atoms with Crippen molar-refractivity contribution in [3.05, 3.63) is 102 Å². The van der Waals surface area contributed by atoms with E-state index >= 15 is 0 Å². The summed E-state index contributed by atoms with van der Waals surface area (Å²) in [4.78, 5) is 55.7. The summed E-state index contributed by atoms with van der Waals surface area (Å²) in [5.41, 5.74) is 0.311. The zero-order valence-electron chi connectivity index (χ0n) is 19.9. The second-order valence-corrected chi connectivity index (χ2v) is 9.98. The number of hydrogen-bond donors (Lipinski definition) is 0. The highest BCUT2D eigenvalue weighted by Crippen LogP contribution is 2.42. The van der Waals surface area contributed by atoms with Crippen molar-refractivity contribution >= 4 is 44.5 Å². The van der Waals surface area contributed by atoms with Gasteiger partial charge in [-0.05, 0) is 42.8 Å². The molecule has 6 rings (SSSR count). The number of hydrogen-bond acceptors (Lipinski definition) is 8. The van der Waals surface area contributed by atoms with Crippen molar-refractivity contribution in [2.24, 2.45) is 0 Å². The van der Waals surface area contributed by atoms with Gasteiger partial charge in [0.2, 0.25) is 5.60 Å². The predicted molar refractivity (Wildman–Crippen MR) is 139 cm³/mol. The van der Waals surface area contributed by atoms with Crippen LogP contribution in [0.5, 0.6) is 0 Å². The highest BCUT2D eigenvalue weighted by Gasteiger charge is 2.50. The zero-order chi connectivity index (χ0) is 26.8. The number of esters is 2. The molecule has 2 aliphatic heterocycles. The third kappa shape index (κ3) is 3.46. The van der Waals surface area contributed by atoms with E-state index in [-0.39, 0.29) is 42.0 Å². The molecule has 0 radical (unpaired) electrons. The molecule has 38 heavy (non-hydrogen) atoms. The molecule has 2 aromatic heterocycles. The number of ether oxygens (including phenoxy) is 2. The maximum atomic E-state index is 13.6. The molecule has 10 nitrogen and oxygen atoms in total. The van der Waals surface area contributed by atoms with Gasteiger partial charge in [-0.3, -0.25) is 14.9 Å². The van der Waals surface area contributed by atoms with E-state index in [0.29, 0.717) is 32.3 Å². The minimum Gasteiger partial charge on any atom is -0.457 e. The average molecular weight is 576 g/mol. The van der Waals surface area contributed by atoms with Gasteiger partial charge in [-0.1, -0.05) is 35.0 Å². The molecule has 0 saturated carbocycles. The van der Waals surface area contributed by atoms with Crippen molar-refractivity contribution in [3.8, 4) is 11.4 Å². The van der Waals surface area contributed by atoms with Crippen LogP contribution in [0.3, 0.4) is 0 Å². The molecule has 4 aromatic rings. The van der Waals surface area contributed by atoms with E-state index in [4.69, 9.17) is 9.47 Å². The molecule has 0 amide bonds. The van der Waals surface area contributed by atoms with Crippen molar-refractivity contribution in [3.63, 3.8) is 0 Å². The van der Waals surface area contributed by atoms with Gasteiger partial charge < -0.3 is 14.0 Å². The van der Waals surface area contributed by atoms with Gasteiger partial charge in [0.05, 0.1) is 44.9 Å². The number of fused-ring (bicyclic) bond motifs is 5. The Morgan fingerprint density at radius 2 is 2.00 bits per heavy atom. The summed E-state index contributed by atoms with van der Waals surface area (Å²) < 4.78 is 13.4. The summed E-state index contributed by atoms with van der Waals surface area (Å²) >= 11 is 3.32. The monoisotopic (exact) mass is 575 g/mol. The highest BCUT2D eigenvalue weighted by molar-refractivity contribution is 9.10. The molecule has 0 N–H and O–H groups in total. The molecule has 11 heteroatoms. The fourth-order valence-corrected chi connectivity index (χ4v) is 5.54. The van der Waals surface area contributed by atoms with Crippen molar-refractivity contribution in [1.29, 1.82) is 0 Å². The smallest absolute Gasteiger partial charge is 0.355 e. The molecule has 2 aliphatic rings. The van der Waals surface area contributed by atoms with Crippen LogP contribution < -0.4 is 5.56 Å². The molecule has 0 saturated heterocycles. The molecule has 0 aliphatic carbocycles. The third-order valence-corrected chi connectivity index (χ3v) is 7.51. The van der Waals surface area contributed by atoms with E-state index in [1.54, 1.807) is 55.5 Å². The molecular weight excluding hydrogens is 558 g/mol. The average Bonchev–Trinajstić information content (AvgIpc) is 3.26. The number of benzene rings is 2. The van der Waals surface area contributed by atoms with Crippen LogP contribution in [0.15, 0.2) is 63.9 Å². The lowest BCUT2D eigenvalue weighted by atomic mass is 9.85. The summed E-state index contributed by atoms with van der Waals surface area (Å²) in [6.07, 6.45) is 0.0334. The van der Waals surface area contributed by atoms with E-state index in [1.807, 2.05) is 0 Å². The largest absolute Gasteiger partial charge is 0.457 e. The number of rotatable bonds is 4. The summed E-state index contributed by atoms with van der Waals surface area (Å²) in [5.74, 6) is -1.50. The van der Waals surface area contributed by atoms with E-state index in [0.717, 1.165) is 0 Å². The van der Waals surface area contributed by atoms with Gasteiger partial charge in [0, 0.05) is 21.7 Å². The van der Waals surface area contributed by atoms with Crippen molar-refractivity contribution in [2.75, 3.05) is 0 Å². The fraction of sp³-hybridized carbons (Fsp3) is 0.185. The van der Waals surface area contributed by atoms with Gasteiger partial charge in [-0.25, -0.2) is 14.6 Å². The predicted octanol–water partition coefficient (Wildman–Crippen LogP) is 4.62. The quantitative estimate of drug-likeness (QED) is 0.172. The van der Waals surface area contributed by atoms with Crippen LogP contribution >= 0.6 is 15.9 Å². The number of carbonyl (C=O) groups excluding carboxylic acids is 2. The SMILES string of the molecule is CCC1(OC(=O)c2cccc(Br)c2)C(=O)OCc2c1cc1n(c2=O)Cc2cc3c([N+](=O)[O-])cccc3nc2-1. The summed E-state index contributed by atoms with van der Waals surface area (Å²) in [7, 11) is 0.